The van der Waals surface area contributed by atoms with Crippen LogP contribution >= 0.6 is 0 Å². The summed E-state index contributed by atoms with van der Waals surface area (Å²) in [6, 6.07) is 16.8. The van der Waals surface area contributed by atoms with Crippen LogP contribution in [-0.4, -0.2) is 31.9 Å². The first kappa shape index (κ1) is 16.1. The highest BCUT2D eigenvalue weighted by atomic mass is 16.4. The van der Waals surface area contributed by atoms with Crippen LogP contribution in [0.5, 0.6) is 0 Å². The molecule has 0 fully saturated rings. The number of hydrogen-bond acceptors (Lipinski definition) is 4. The highest BCUT2D eigenvalue weighted by Gasteiger charge is 2.27. The standard InChI is InChI=1S/C18H12N2O5/c21-16-13(17(22)23)15(11-7-3-1-4-8-11)20(19-14(16)18(24)25)12-9-5-2-6-10-12/h1-10H,(H,22,23)(H,24,25). The van der Waals surface area contributed by atoms with E-state index in [9.17, 15) is 24.6 Å². The first-order valence-electron chi connectivity index (χ1n) is 7.25. The molecule has 2 N–H and O–H groups in total. The molecule has 1 heterocycles. The number of aromatic carboxylic acids is 2. The molecule has 0 aliphatic rings. The molecular weight excluding hydrogens is 324 g/mol. The van der Waals surface area contributed by atoms with Crippen molar-refractivity contribution in [3.05, 3.63) is 82.1 Å². The van der Waals surface area contributed by atoms with E-state index in [0.29, 0.717) is 11.3 Å². The molecule has 3 rings (SSSR count). The number of benzene rings is 2. The molecule has 7 heteroatoms. The Hall–Kier alpha value is -3.74. The lowest BCUT2D eigenvalue weighted by Crippen LogP contribution is -2.29. The van der Waals surface area contributed by atoms with Gasteiger partial charge in [0.25, 0.3) is 0 Å². The third-order valence-electron chi connectivity index (χ3n) is 3.56. The van der Waals surface area contributed by atoms with E-state index >= 15 is 0 Å². The summed E-state index contributed by atoms with van der Waals surface area (Å²) in [6.45, 7) is 0. The Labute approximate surface area is 141 Å². The van der Waals surface area contributed by atoms with Gasteiger partial charge in [-0.1, -0.05) is 48.5 Å². The van der Waals surface area contributed by atoms with Gasteiger partial charge in [0.1, 0.15) is 5.56 Å². The fourth-order valence-electron chi connectivity index (χ4n) is 2.48. The topological polar surface area (TPSA) is 109 Å². The minimum Gasteiger partial charge on any atom is -0.477 e. The van der Waals surface area contributed by atoms with E-state index in [1.54, 1.807) is 60.7 Å². The molecule has 2 aromatic carbocycles. The Kier molecular flexibility index (Phi) is 4.13. The van der Waals surface area contributed by atoms with E-state index in [1.807, 2.05) is 0 Å². The van der Waals surface area contributed by atoms with Gasteiger partial charge in [-0.2, -0.15) is 5.10 Å². The van der Waals surface area contributed by atoms with Crippen LogP contribution in [0, 0.1) is 0 Å². The van der Waals surface area contributed by atoms with Crippen LogP contribution in [-0.2, 0) is 0 Å². The fourth-order valence-corrected chi connectivity index (χ4v) is 2.48. The number of carbonyl (C=O) groups is 2. The zero-order valence-corrected chi connectivity index (χ0v) is 12.8. The van der Waals surface area contributed by atoms with Gasteiger partial charge < -0.3 is 10.2 Å². The molecule has 0 unspecified atom stereocenters. The normalized spacial score (nSPS) is 10.4. The lowest BCUT2D eigenvalue weighted by molar-refractivity contribution is 0.0686. The van der Waals surface area contributed by atoms with Crippen molar-refractivity contribution in [2.24, 2.45) is 0 Å². The quantitative estimate of drug-likeness (QED) is 0.756. The Morgan fingerprint density at radius 3 is 1.92 bits per heavy atom. The van der Waals surface area contributed by atoms with Crippen molar-refractivity contribution in [3.63, 3.8) is 0 Å². The Morgan fingerprint density at radius 2 is 1.40 bits per heavy atom. The number of nitrogens with zero attached hydrogens (tertiary/aromatic N) is 2. The van der Waals surface area contributed by atoms with Gasteiger partial charge in [0.15, 0.2) is 0 Å². The van der Waals surface area contributed by atoms with Crippen LogP contribution in [0.2, 0.25) is 0 Å². The zero-order chi connectivity index (χ0) is 18.0. The second kappa shape index (κ2) is 6.40. The molecule has 124 valence electrons. The summed E-state index contributed by atoms with van der Waals surface area (Å²) in [5, 5.41) is 22.7. The molecule has 7 nitrogen and oxygen atoms in total. The lowest BCUT2D eigenvalue weighted by Gasteiger charge is -2.15. The Morgan fingerprint density at radius 1 is 0.840 bits per heavy atom. The lowest BCUT2D eigenvalue weighted by atomic mass is 10.0. The predicted molar refractivity (Wildman–Crippen MR) is 89.2 cm³/mol. The van der Waals surface area contributed by atoms with Crippen molar-refractivity contribution in [2.45, 2.75) is 0 Å². The summed E-state index contributed by atoms with van der Waals surface area (Å²) in [7, 11) is 0. The molecule has 3 aromatic rings. The average molecular weight is 336 g/mol. The van der Waals surface area contributed by atoms with Crippen LogP contribution in [0.25, 0.3) is 16.9 Å². The molecule has 0 aliphatic heterocycles. The van der Waals surface area contributed by atoms with E-state index in [0.717, 1.165) is 0 Å². The van der Waals surface area contributed by atoms with Gasteiger partial charge in [-0.25, -0.2) is 14.3 Å². The van der Waals surface area contributed by atoms with Crippen molar-refractivity contribution in [3.8, 4) is 16.9 Å². The largest absolute Gasteiger partial charge is 0.477 e. The SMILES string of the molecule is O=C(O)c1nn(-c2ccccc2)c(-c2ccccc2)c(C(=O)O)c1=O. The molecule has 1 aromatic heterocycles. The van der Waals surface area contributed by atoms with Crippen molar-refractivity contribution < 1.29 is 19.8 Å². The number of carboxylic acids is 2. The van der Waals surface area contributed by atoms with Gasteiger partial charge in [-0.3, -0.25) is 4.79 Å². The van der Waals surface area contributed by atoms with Crippen molar-refractivity contribution >= 4 is 11.9 Å². The summed E-state index contributed by atoms with van der Waals surface area (Å²) in [5.74, 6) is -3.10. The van der Waals surface area contributed by atoms with Crippen molar-refractivity contribution in [2.75, 3.05) is 0 Å². The second-order valence-corrected chi connectivity index (χ2v) is 5.13. The smallest absolute Gasteiger partial charge is 0.360 e. The predicted octanol–water partition coefficient (Wildman–Crippen LogP) is 2.30. The molecule has 0 amide bonds. The monoisotopic (exact) mass is 336 g/mol. The Bertz CT molecular complexity index is 1010. The van der Waals surface area contributed by atoms with E-state index in [1.165, 1.54) is 4.68 Å². The van der Waals surface area contributed by atoms with Gasteiger partial charge in [-0.05, 0) is 12.1 Å². The first-order valence-corrected chi connectivity index (χ1v) is 7.25. The number of carboxylic acid groups (broad SMARTS) is 2. The second-order valence-electron chi connectivity index (χ2n) is 5.13. The molecule has 0 saturated carbocycles. The minimum atomic E-state index is -1.59. The van der Waals surface area contributed by atoms with Crippen molar-refractivity contribution in [1.82, 2.24) is 9.78 Å². The molecular formula is C18H12N2O5. The summed E-state index contributed by atoms with van der Waals surface area (Å²) in [4.78, 5) is 35.5. The summed E-state index contributed by atoms with van der Waals surface area (Å²) >= 11 is 0. The van der Waals surface area contributed by atoms with Gasteiger partial charge >= 0.3 is 11.9 Å². The van der Waals surface area contributed by atoms with E-state index in [-0.39, 0.29) is 5.69 Å². The highest BCUT2D eigenvalue weighted by molar-refractivity contribution is 5.97. The minimum absolute atomic E-state index is 0.0225. The maximum absolute atomic E-state index is 12.4. The maximum Gasteiger partial charge on any atom is 0.360 e. The van der Waals surface area contributed by atoms with Crippen LogP contribution < -0.4 is 5.43 Å². The summed E-state index contributed by atoms with van der Waals surface area (Å²) in [5.41, 5.74) is -1.72. The molecule has 0 saturated heterocycles. The summed E-state index contributed by atoms with van der Waals surface area (Å²) in [6.07, 6.45) is 0. The van der Waals surface area contributed by atoms with E-state index in [4.69, 9.17) is 0 Å². The molecule has 0 aliphatic carbocycles. The van der Waals surface area contributed by atoms with Crippen LogP contribution in [0.1, 0.15) is 20.8 Å². The third-order valence-corrected chi connectivity index (χ3v) is 3.56. The molecule has 0 atom stereocenters. The zero-order valence-electron chi connectivity index (χ0n) is 12.8. The van der Waals surface area contributed by atoms with Crippen LogP contribution in [0.3, 0.4) is 0 Å². The van der Waals surface area contributed by atoms with Gasteiger partial charge in [0.05, 0.1) is 11.4 Å². The number of hydrogen-bond donors (Lipinski definition) is 2. The highest BCUT2D eigenvalue weighted by Crippen LogP contribution is 2.24. The maximum atomic E-state index is 12.4. The van der Waals surface area contributed by atoms with Gasteiger partial charge in [0.2, 0.25) is 11.1 Å². The van der Waals surface area contributed by atoms with Crippen molar-refractivity contribution in [1.29, 1.82) is 0 Å². The average Bonchev–Trinajstić information content (AvgIpc) is 2.62. The molecule has 0 bridgehead atoms. The van der Waals surface area contributed by atoms with Gasteiger partial charge in [-0.15, -0.1) is 0 Å². The third kappa shape index (κ3) is 2.90. The van der Waals surface area contributed by atoms with Crippen LogP contribution in [0.4, 0.5) is 0 Å². The van der Waals surface area contributed by atoms with E-state index in [2.05, 4.69) is 5.10 Å². The molecule has 0 radical (unpaired) electrons. The number of para-hydroxylation sites is 1. The number of aromatic nitrogens is 2. The Balaban J connectivity index is 2.50. The van der Waals surface area contributed by atoms with E-state index < -0.39 is 28.6 Å². The number of rotatable bonds is 4. The molecule has 25 heavy (non-hydrogen) atoms. The molecule has 0 spiro atoms. The summed E-state index contributed by atoms with van der Waals surface area (Å²) < 4.78 is 1.17. The van der Waals surface area contributed by atoms with Crippen LogP contribution in [0.15, 0.2) is 65.5 Å². The van der Waals surface area contributed by atoms with Gasteiger partial charge in [0, 0.05) is 5.56 Å². The fraction of sp³-hybridized carbons (Fsp3) is 0. The first-order chi connectivity index (χ1) is 12.0.